The smallest absolute Gasteiger partial charge is 0.0917 e. The molecule has 0 aliphatic heterocycles. The number of hydrogen-bond acceptors (Lipinski definition) is 4. The van der Waals surface area contributed by atoms with Gasteiger partial charge in [0.25, 0.3) is 0 Å². The van der Waals surface area contributed by atoms with Crippen LogP contribution in [0, 0.1) is 0 Å². The summed E-state index contributed by atoms with van der Waals surface area (Å²) >= 11 is 0. The largest absolute Gasteiger partial charge is 0.387 e. The van der Waals surface area contributed by atoms with Crippen molar-refractivity contribution in [3.05, 3.63) is 144 Å². The molecule has 0 saturated carbocycles. The van der Waals surface area contributed by atoms with Crippen molar-refractivity contribution >= 4 is 0 Å². The maximum atomic E-state index is 11.0. The maximum Gasteiger partial charge on any atom is 0.0917 e. The Kier molecular flexibility index (Phi) is 9.83. The quantitative estimate of drug-likeness (QED) is 0.267. The molecule has 0 bridgehead atoms. The van der Waals surface area contributed by atoms with E-state index in [2.05, 4.69) is 58.3 Å². The standard InChI is InChI=1S/C32H36N2O2/c35-31(29-17-9-3-10-18-29)25-33(23-27-13-5-1-6-14-27)21-22-34(24-28-15-7-2-8-16-28)26-32(36)30-19-11-4-12-20-30/h1-20,31-32,35-36H,21-26H2/t31-,32-/m0/s1. The van der Waals surface area contributed by atoms with Gasteiger partial charge in [-0.2, -0.15) is 0 Å². The number of nitrogens with zero attached hydrogens (tertiary/aromatic N) is 2. The summed E-state index contributed by atoms with van der Waals surface area (Å²) < 4.78 is 0. The molecule has 0 unspecified atom stereocenters. The second-order valence-electron chi connectivity index (χ2n) is 9.29. The predicted octanol–water partition coefficient (Wildman–Crippen LogP) is 5.46. The minimum Gasteiger partial charge on any atom is -0.387 e. The highest BCUT2D eigenvalue weighted by Gasteiger charge is 2.18. The molecule has 0 aliphatic rings. The molecule has 0 aromatic heterocycles. The Balaban J connectivity index is 1.47. The molecule has 0 amide bonds. The summed E-state index contributed by atoms with van der Waals surface area (Å²) in [4.78, 5) is 4.61. The van der Waals surface area contributed by atoms with Crippen LogP contribution in [0.5, 0.6) is 0 Å². The zero-order valence-electron chi connectivity index (χ0n) is 20.7. The third-order valence-corrected chi connectivity index (χ3v) is 6.46. The molecule has 4 heteroatoms. The third kappa shape index (κ3) is 8.14. The second kappa shape index (κ2) is 13.7. The second-order valence-corrected chi connectivity index (χ2v) is 9.29. The summed E-state index contributed by atoms with van der Waals surface area (Å²) in [7, 11) is 0. The van der Waals surface area contributed by atoms with Gasteiger partial charge in [0.2, 0.25) is 0 Å². The summed E-state index contributed by atoms with van der Waals surface area (Å²) in [6.45, 7) is 4.13. The summed E-state index contributed by atoms with van der Waals surface area (Å²) in [6, 6.07) is 40.5. The molecule has 0 heterocycles. The van der Waals surface area contributed by atoms with Crippen LogP contribution in [0.15, 0.2) is 121 Å². The van der Waals surface area contributed by atoms with Crippen molar-refractivity contribution in [2.45, 2.75) is 25.3 Å². The molecular formula is C32H36N2O2. The molecular weight excluding hydrogens is 444 g/mol. The van der Waals surface area contributed by atoms with Crippen LogP contribution in [0.4, 0.5) is 0 Å². The number of rotatable bonds is 13. The molecule has 4 nitrogen and oxygen atoms in total. The molecule has 4 aromatic rings. The Bertz CT molecular complexity index is 1030. The summed E-state index contributed by atoms with van der Waals surface area (Å²) in [6.07, 6.45) is -1.13. The van der Waals surface area contributed by atoms with E-state index in [0.717, 1.165) is 37.3 Å². The number of aliphatic hydroxyl groups is 2. The summed E-state index contributed by atoms with van der Waals surface area (Å²) in [5.74, 6) is 0. The molecule has 0 saturated heterocycles. The Morgan fingerprint density at radius 2 is 0.750 bits per heavy atom. The first kappa shape index (κ1) is 25.8. The fourth-order valence-electron chi connectivity index (χ4n) is 4.49. The van der Waals surface area contributed by atoms with E-state index in [1.54, 1.807) is 0 Å². The Hall–Kier alpha value is -3.28. The van der Waals surface area contributed by atoms with Gasteiger partial charge in [0.15, 0.2) is 0 Å². The average Bonchev–Trinajstić information content (AvgIpc) is 2.93. The van der Waals surface area contributed by atoms with Gasteiger partial charge in [0, 0.05) is 39.3 Å². The van der Waals surface area contributed by atoms with E-state index < -0.39 is 12.2 Å². The van der Waals surface area contributed by atoms with E-state index in [-0.39, 0.29) is 0 Å². The molecule has 36 heavy (non-hydrogen) atoms. The molecule has 4 rings (SSSR count). The molecule has 4 aromatic carbocycles. The van der Waals surface area contributed by atoms with Crippen molar-refractivity contribution in [2.75, 3.05) is 26.2 Å². The van der Waals surface area contributed by atoms with Gasteiger partial charge in [0.05, 0.1) is 12.2 Å². The SMILES string of the molecule is O[C@@H](CN(CCN(Cc1ccccc1)C[C@H](O)c1ccccc1)Cc1ccccc1)c1ccccc1. The molecule has 0 fully saturated rings. The molecule has 0 aliphatic carbocycles. The van der Waals surface area contributed by atoms with E-state index in [0.29, 0.717) is 13.1 Å². The van der Waals surface area contributed by atoms with Gasteiger partial charge in [0.1, 0.15) is 0 Å². The van der Waals surface area contributed by atoms with Gasteiger partial charge < -0.3 is 10.2 Å². The fraction of sp³-hybridized carbons (Fsp3) is 0.250. The lowest BCUT2D eigenvalue weighted by Crippen LogP contribution is -2.38. The molecule has 186 valence electrons. The van der Waals surface area contributed by atoms with Gasteiger partial charge >= 0.3 is 0 Å². The lowest BCUT2D eigenvalue weighted by atomic mass is 10.1. The minimum atomic E-state index is -0.563. The third-order valence-electron chi connectivity index (χ3n) is 6.46. The topological polar surface area (TPSA) is 46.9 Å². The summed E-state index contributed by atoms with van der Waals surface area (Å²) in [5.41, 5.74) is 4.29. The van der Waals surface area contributed by atoms with Crippen LogP contribution in [0.1, 0.15) is 34.5 Å². The highest BCUT2D eigenvalue weighted by molar-refractivity contribution is 5.20. The lowest BCUT2D eigenvalue weighted by molar-refractivity contribution is 0.0792. The number of hydrogen-bond donors (Lipinski definition) is 2. The molecule has 0 spiro atoms. The van der Waals surface area contributed by atoms with Gasteiger partial charge in [-0.1, -0.05) is 121 Å². The highest BCUT2D eigenvalue weighted by Crippen LogP contribution is 2.18. The molecule has 0 radical (unpaired) electrons. The van der Waals surface area contributed by atoms with Crippen LogP contribution in [-0.2, 0) is 13.1 Å². The Labute approximate surface area is 215 Å². The van der Waals surface area contributed by atoms with Crippen LogP contribution in [0.3, 0.4) is 0 Å². The zero-order chi connectivity index (χ0) is 25.0. The average molecular weight is 481 g/mol. The molecule has 2 atom stereocenters. The van der Waals surface area contributed by atoms with Crippen molar-refractivity contribution in [3.63, 3.8) is 0 Å². The molecule has 2 N–H and O–H groups in total. The van der Waals surface area contributed by atoms with Crippen molar-refractivity contribution in [3.8, 4) is 0 Å². The fourth-order valence-corrected chi connectivity index (χ4v) is 4.49. The van der Waals surface area contributed by atoms with E-state index in [1.807, 2.05) is 72.8 Å². The van der Waals surface area contributed by atoms with Crippen LogP contribution < -0.4 is 0 Å². The van der Waals surface area contributed by atoms with Crippen molar-refractivity contribution in [1.29, 1.82) is 0 Å². The first-order chi connectivity index (χ1) is 17.7. The normalized spacial score (nSPS) is 13.1. The Morgan fingerprint density at radius 3 is 1.08 bits per heavy atom. The highest BCUT2D eigenvalue weighted by atomic mass is 16.3. The van der Waals surface area contributed by atoms with E-state index in [9.17, 15) is 10.2 Å². The van der Waals surface area contributed by atoms with Gasteiger partial charge in [-0.25, -0.2) is 0 Å². The number of benzene rings is 4. The maximum absolute atomic E-state index is 11.0. The van der Waals surface area contributed by atoms with Gasteiger partial charge in [-0.15, -0.1) is 0 Å². The predicted molar refractivity (Wildman–Crippen MR) is 146 cm³/mol. The number of aliphatic hydroxyl groups excluding tert-OH is 2. The van der Waals surface area contributed by atoms with Crippen LogP contribution in [-0.4, -0.2) is 46.2 Å². The monoisotopic (exact) mass is 480 g/mol. The minimum absolute atomic E-state index is 0.541. The first-order valence-corrected chi connectivity index (χ1v) is 12.7. The first-order valence-electron chi connectivity index (χ1n) is 12.7. The Morgan fingerprint density at radius 1 is 0.444 bits per heavy atom. The van der Waals surface area contributed by atoms with E-state index >= 15 is 0 Å². The van der Waals surface area contributed by atoms with Crippen LogP contribution in [0.25, 0.3) is 0 Å². The van der Waals surface area contributed by atoms with E-state index in [4.69, 9.17) is 0 Å². The van der Waals surface area contributed by atoms with Crippen LogP contribution >= 0.6 is 0 Å². The van der Waals surface area contributed by atoms with Crippen molar-refractivity contribution < 1.29 is 10.2 Å². The van der Waals surface area contributed by atoms with Crippen molar-refractivity contribution in [2.24, 2.45) is 0 Å². The van der Waals surface area contributed by atoms with Gasteiger partial charge in [-0.3, -0.25) is 9.80 Å². The lowest BCUT2D eigenvalue weighted by Gasteiger charge is -2.30. The van der Waals surface area contributed by atoms with Crippen LogP contribution in [0.2, 0.25) is 0 Å². The van der Waals surface area contributed by atoms with E-state index in [1.165, 1.54) is 11.1 Å². The zero-order valence-corrected chi connectivity index (χ0v) is 20.7. The van der Waals surface area contributed by atoms with Gasteiger partial charge in [-0.05, 0) is 22.3 Å². The van der Waals surface area contributed by atoms with Crippen molar-refractivity contribution in [1.82, 2.24) is 9.80 Å². The summed E-state index contributed by atoms with van der Waals surface area (Å²) in [5, 5.41) is 21.9.